The highest BCUT2D eigenvalue weighted by molar-refractivity contribution is 9.10. The van der Waals surface area contributed by atoms with E-state index in [0.29, 0.717) is 12.2 Å². The van der Waals surface area contributed by atoms with Crippen LogP contribution < -0.4 is 5.32 Å². The molecule has 1 rings (SSSR count). The van der Waals surface area contributed by atoms with Gasteiger partial charge in [-0.15, -0.1) is 11.8 Å². The van der Waals surface area contributed by atoms with Crippen molar-refractivity contribution in [1.29, 1.82) is 0 Å². The second-order valence-corrected chi connectivity index (χ2v) is 6.14. The minimum atomic E-state index is -0.793. The molecule has 0 aromatic heterocycles. The average Bonchev–Trinajstić information content (AvgIpc) is 2.49. The van der Waals surface area contributed by atoms with Gasteiger partial charge in [-0.1, -0.05) is 28.1 Å². The van der Waals surface area contributed by atoms with Gasteiger partial charge in [-0.2, -0.15) is 0 Å². The number of methoxy groups -OCH3 is 2. The molecule has 0 radical (unpaired) electrons. The molecule has 1 aromatic rings. The van der Waals surface area contributed by atoms with Crippen molar-refractivity contribution in [2.24, 2.45) is 0 Å². The fraction of sp³-hybridized carbons (Fsp3) is 0.429. The predicted octanol–water partition coefficient (Wildman–Crippen LogP) is 2.16. The van der Waals surface area contributed by atoms with E-state index in [4.69, 9.17) is 9.47 Å². The van der Waals surface area contributed by atoms with Gasteiger partial charge in [0.1, 0.15) is 0 Å². The standard InChI is InChI=1S/C14H18BrNO4S/c1-19-7-8-21-9-12(17)16-13(14(18)20-2)10-3-5-11(15)6-4-10/h3-6,13H,7-9H2,1-2H3,(H,16,17). The molecule has 116 valence electrons. The molecule has 0 fully saturated rings. The number of nitrogens with one attached hydrogen (secondary N) is 1. The lowest BCUT2D eigenvalue weighted by Crippen LogP contribution is -2.35. The molecule has 0 bridgehead atoms. The van der Waals surface area contributed by atoms with Gasteiger partial charge in [-0.05, 0) is 17.7 Å². The Hall–Kier alpha value is -1.05. The number of amides is 1. The Morgan fingerprint density at radius 3 is 2.52 bits per heavy atom. The van der Waals surface area contributed by atoms with E-state index < -0.39 is 12.0 Å². The highest BCUT2D eigenvalue weighted by atomic mass is 79.9. The Kier molecular flexibility index (Phi) is 8.41. The van der Waals surface area contributed by atoms with E-state index in [1.165, 1.54) is 18.9 Å². The quantitative estimate of drug-likeness (QED) is 0.557. The maximum Gasteiger partial charge on any atom is 0.333 e. The third kappa shape index (κ3) is 6.50. The lowest BCUT2D eigenvalue weighted by molar-refractivity contribution is -0.145. The third-order valence-electron chi connectivity index (χ3n) is 2.61. The molecule has 0 aliphatic heterocycles. The summed E-state index contributed by atoms with van der Waals surface area (Å²) in [4.78, 5) is 23.7. The van der Waals surface area contributed by atoms with Crippen LogP contribution in [0.2, 0.25) is 0 Å². The van der Waals surface area contributed by atoms with Crippen molar-refractivity contribution in [1.82, 2.24) is 5.32 Å². The molecule has 1 atom stereocenters. The molecular formula is C14H18BrNO4S. The number of benzene rings is 1. The monoisotopic (exact) mass is 375 g/mol. The number of carbonyl (C=O) groups excluding carboxylic acids is 2. The van der Waals surface area contributed by atoms with E-state index >= 15 is 0 Å². The van der Waals surface area contributed by atoms with Crippen LogP contribution >= 0.6 is 27.7 Å². The number of hydrogen-bond acceptors (Lipinski definition) is 5. The van der Waals surface area contributed by atoms with Crippen LogP contribution in [-0.4, -0.2) is 44.2 Å². The summed E-state index contributed by atoms with van der Waals surface area (Å²) >= 11 is 4.78. The summed E-state index contributed by atoms with van der Waals surface area (Å²) in [5.41, 5.74) is 0.681. The fourth-order valence-corrected chi connectivity index (χ4v) is 2.52. The Morgan fingerprint density at radius 1 is 1.29 bits per heavy atom. The number of ether oxygens (including phenoxy) is 2. The van der Waals surface area contributed by atoms with Crippen LogP contribution in [0.1, 0.15) is 11.6 Å². The summed E-state index contributed by atoms with van der Waals surface area (Å²) in [6, 6.07) is 6.36. The lowest BCUT2D eigenvalue weighted by atomic mass is 10.1. The number of halogens is 1. The Bertz CT molecular complexity index is 467. The first-order valence-corrected chi connectivity index (χ1v) is 8.22. The summed E-state index contributed by atoms with van der Waals surface area (Å²) in [7, 11) is 2.91. The van der Waals surface area contributed by atoms with Gasteiger partial charge in [-0.25, -0.2) is 4.79 Å². The van der Waals surface area contributed by atoms with Gasteiger partial charge in [0.05, 0.1) is 19.5 Å². The van der Waals surface area contributed by atoms with Gasteiger partial charge in [0.15, 0.2) is 6.04 Å². The van der Waals surface area contributed by atoms with Crippen molar-refractivity contribution >= 4 is 39.6 Å². The minimum Gasteiger partial charge on any atom is -0.467 e. The first kappa shape index (κ1) is 18.0. The average molecular weight is 376 g/mol. The second-order valence-electron chi connectivity index (χ2n) is 4.12. The number of hydrogen-bond donors (Lipinski definition) is 1. The van der Waals surface area contributed by atoms with Gasteiger partial charge in [0, 0.05) is 17.3 Å². The maximum absolute atomic E-state index is 11.9. The van der Waals surface area contributed by atoms with E-state index in [0.717, 1.165) is 10.2 Å². The lowest BCUT2D eigenvalue weighted by Gasteiger charge is -2.17. The van der Waals surface area contributed by atoms with Crippen LogP contribution in [0.15, 0.2) is 28.7 Å². The predicted molar refractivity (Wildman–Crippen MR) is 86.2 cm³/mol. The number of rotatable bonds is 8. The molecule has 0 aliphatic carbocycles. The van der Waals surface area contributed by atoms with Crippen LogP contribution in [0.25, 0.3) is 0 Å². The molecule has 21 heavy (non-hydrogen) atoms. The van der Waals surface area contributed by atoms with Crippen molar-refractivity contribution in [2.45, 2.75) is 6.04 Å². The zero-order chi connectivity index (χ0) is 15.7. The molecular weight excluding hydrogens is 358 g/mol. The van der Waals surface area contributed by atoms with Crippen LogP contribution in [0.4, 0.5) is 0 Å². The summed E-state index contributed by atoms with van der Waals surface area (Å²) in [5, 5.41) is 2.69. The van der Waals surface area contributed by atoms with Crippen LogP contribution in [-0.2, 0) is 19.1 Å². The van der Waals surface area contributed by atoms with Crippen molar-refractivity contribution in [2.75, 3.05) is 32.3 Å². The first-order valence-electron chi connectivity index (χ1n) is 6.27. The number of esters is 1. The molecule has 1 amide bonds. The summed E-state index contributed by atoms with van der Waals surface area (Å²) in [5.74, 6) is 0.292. The molecule has 7 heteroatoms. The molecule has 0 aliphatic rings. The Morgan fingerprint density at radius 2 is 1.95 bits per heavy atom. The zero-order valence-corrected chi connectivity index (χ0v) is 14.3. The molecule has 1 aromatic carbocycles. The zero-order valence-electron chi connectivity index (χ0n) is 11.9. The number of carbonyl (C=O) groups is 2. The van der Waals surface area contributed by atoms with E-state index in [1.807, 2.05) is 12.1 Å². The molecule has 0 saturated carbocycles. The molecule has 1 N–H and O–H groups in total. The summed E-state index contributed by atoms with van der Waals surface area (Å²) in [6.45, 7) is 0.588. The summed E-state index contributed by atoms with van der Waals surface area (Å²) in [6.07, 6.45) is 0. The maximum atomic E-state index is 11.9. The van der Waals surface area contributed by atoms with Gasteiger partial charge >= 0.3 is 5.97 Å². The van der Waals surface area contributed by atoms with Crippen LogP contribution in [0.5, 0.6) is 0 Å². The second kappa shape index (κ2) is 9.81. The van der Waals surface area contributed by atoms with Crippen molar-refractivity contribution in [3.8, 4) is 0 Å². The number of thioether (sulfide) groups is 1. The normalized spacial score (nSPS) is 11.8. The first-order chi connectivity index (χ1) is 10.1. The van der Waals surface area contributed by atoms with E-state index in [1.54, 1.807) is 19.2 Å². The highest BCUT2D eigenvalue weighted by Gasteiger charge is 2.23. The molecule has 5 nitrogen and oxygen atoms in total. The van der Waals surface area contributed by atoms with Crippen LogP contribution in [0, 0.1) is 0 Å². The van der Waals surface area contributed by atoms with Crippen molar-refractivity contribution in [3.05, 3.63) is 34.3 Å². The van der Waals surface area contributed by atoms with Crippen molar-refractivity contribution in [3.63, 3.8) is 0 Å². The highest BCUT2D eigenvalue weighted by Crippen LogP contribution is 2.18. The van der Waals surface area contributed by atoms with E-state index in [2.05, 4.69) is 21.2 Å². The minimum absolute atomic E-state index is 0.213. The van der Waals surface area contributed by atoms with Gasteiger partial charge in [0.2, 0.25) is 5.91 Å². The third-order valence-corrected chi connectivity index (χ3v) is 4.06. The Balaban J connectivity index is 2.64. The van der Waals surface area contributed by atoms with Gasteiger partial charge < -0.3 is 14.8 Å². The van der Waals surface area contributed by atoms with Gasteiger partial charge in [0.25, 0.3) is 0 Å². The molecule has 1 unspecified atom stereocenters. The van der Waals surface area contributed by atoms with Gasteiger partial charge in [-0.3, -0.25) is 4.79 Å². The SMILES string of the molecule is COCCSCC(=O)NC(C(=O)OC)c1ccc(Br)cc1. The molecule has 0 saturated heterocycles. The smallest absolute Gasteiger partial charge is 0.333 e. The molecule has 0 spiro atoms. The van der Waals surface area contributed by atoms with Crippen molar-refractivity contribution < 1.29 is 19.1 Å². The Labute approximate surface area is 136 Å². The fourth-order valence-electron chi connectivity index (χ4n) is 1.56. The van der Waals surface area contributed by atoms with Crippen LogP contribution in [0.3, 0.4) is 0 Å². The largest absolute Gasteiger partial charge is 0.467 e. The van der Waals surface area contributed by atoms with E-state index in [9.17, 15) is 9.59 Å². The van der Waals surface area contributed by atoms with E-state index in [-0.39, 0.29) is 11.7 Å². The molecule has 0 heterocycles. The summed E-state index contributed by atoms with van der Waals surface area (Å²) < 4.78 is 10.6. The topological polar surface area (TPSA) is 64.6 Å².